The molecule has 0 bridgehead atoms. The molecule has 0 fully saturated rings. The normalized spacial score (nSPS) is 11.1. The number of ether oxygens (including phenoxy) is 1. The topological polar surface area (TPSA) is 131 Å². The number of nitrogens with zero attached hydrogens (tertiary/aromatic N) is 5. The van der Waals surface area contributed by atoms with Gasteiger partial charge in [0.25, 0.3) is 0 Å². The van der Waals surface area contributed by atoms with Crippen LogP contribution >= 0.6 is 0 Å². The number of methoxy groups -OCH3 is 1. The van der Waals surface area contributed by atoms with Gasteiger partial charge >= 0.3 is 0 Å². The third-order valence-corrected chi connectivity index (χ3v) is 4.03. The van der Waals surface area contributed by atoms with Crippen molar-refractivity contribution in [2.24, 2.45) is 5.10 Å². The lowest BCUT2D eigenvalue weighted by molar-refractivity contribution is 0.314. The number of phenolic OH excluding ortho intramolecular Hbond substituents is 1. The number of nitrogens with one attached hydrogen (secondary N) is 2. The number of aromatic nitrogens is 4. The molecule has 10 nitrogen and oxygen atoms in total. The summed E-state index contributed by atoms with van der Waals surface area (Å²) in [6, 6.07) is 14.7. The van der Waals surface area contributed by atoms with Crippen LogP contribution in [0.4, 0.5) is 11.6 Å². The van der Waals surface area contributed by atoms with Crippen molar-refractivity contribution in [1.29, 1.82) is 0 Å². The Morgan fingerprint density at radius 3 is 2.59 bits per heavy atom. The molecule has 2 aromatic carbocycles. The maximum atomic E-state index is 9.96. The van der Waals surface area contributed by atoms with E-state index in [9.17, 15) is 5.11 Å². The Kier molecular flexibility index (Phi) is 5.14. The predicted octanol–water partition coefficient (Wildman–Crippen LogP) is 2.79. The van der Waals surface area contributed by atoms with Gasteiger partial charge in [-0.15, -0.1) is 0 Å². The maximum Gasteiger partial charge on any atom is 0.245 e. The van der Waals surface area contributed by atoms with Crippen LogP contribution in [0.25, 0.3) is 11.3 Å². The third-order valence-electron chi connectivity index (χ3n) is 4.03. The lowest BCUT2D eigenvalue weighted by Gasteiger charge is -2.09. The number of hydrazone groups is 1. The fourth-order valence-electron chi connectivity index (χ4n) is 2.55. The number of rotatable bonds is 7. The Bertz CT molecular complexity index is 1150. The number of fused-ring (bicyclic) bond motifs is 1. The average Bonchev–Trinajstić information content (AvgIpc) is 3.21. The fraction of sp³-hybridized carbons (Fsp3) is 0.105. The number of phenols is 1. The van der Waals surface area contributed by atoms with Gasteiger partial charge in [0.1, 0.15) is 11.5 Å². The molecule has 3 N–H and O–H groups in total. The number of aromatic hydroxyl groups is 1. The summed E-state index contributed by atoms with van der Waals surface area (Å²) in [5.41, 5.74) is 4.89. The first kappa shape index (κ1) is 18.2. The minimum Gasteiger partial charge on any atom is -0.507 e. The van der Waals surface area contributed by atoms with Crippen molar-refractivity contribution in [3.8, 4) is 11.5 Å². The smallest absolute Gasteiger partial charge is 0.245 e. The van der Waals surface area contributed by atoms with E-state index in [4.69, 9.17) is 4.74 Å². The van der Waals surface area contributed by atoms with Crippen LogP contribution in [0.1, 0.15) is 11.1 Å². The monoisotopic (exact) mass is 391 g/mol. The van der Waals surface area contributed by atoms with E-state index in [1.54, 1.807) is 19.2 Å². The quantitative estimate of drug-likeness (QED) is 0.321. The summed E-state index contributed by atoms with van der Waals surface area (Å²) in [7, 11) is 1.55. The zero-order valence-electron chi connectivity index (χ0n) is 15.4. The largest absolute Gasteiger partial charge is 0.507 e. The molecule has 0 aliphatic rings. The van der Waals surface area contributed by atoms with Crippen molar-refractivity contribution >= 4 is 29.1 Å². The molecule has 0 aliphatic carbocycles. The van der Waals surface area contributed by atoms with E-state index in [0.29, 0.717) is 29.5 Å². The van der Waals surface area contributed by atoms with Crippen molar-refractivity contribution in [1.82, 2.24) is 20.3 Å². The number of benzene rings is 2. The highest BCUT2D eigenvalue weighted by atomic mass is 16.6. The van der Waals surface area contributed by atoms with E-state index < -0.39 is 0 Å². The van der Waals surface area contributed by atoms with Crippen molar-refractivity contribution in [2.75, 3.05) is 17.9 Å². The molecule has 0 atom stereocenters. The van der Waals surface area contributed by atoms with E-state index in [-0.39, 0.29) is 17.0 Å². The minimum atomic E-state index is 0.0704. The van der Waals surface area contributed by atoms with Gasteiger partial charge in [-0.1, -0.05) is 30.3 Å². The molecule has 4 aromatic rings. The molecule has 29 heavy (non-hydrogen) atoms. The Hall–Kier alpha value is -4.21. The molecule has 10 heteroatoms. The lowest BCUT2D eigenvalue weighted by Crippen LogP contribution is -2.07. The summed E-state index contributed by atoms with van der Waals surface area (Å²) in [5.74, 6) is 1.44. The zero-order valence-corrected chi connectivity index (χ0v) is 15.4. The van der Waals surface area contributed by atoms with Crippen molar-refractivity contribution in [2.45, 2.75) is 6.54 Å². The zero-order chi connectivity index (χ0) is 20.1. The number of hydrogen-bond donors (Lipinski definition) is 3. The van der Waals surface area contributed by atoms with E-state index >= 15 is 0 Å². The fourth-order valence-corrected chi connectivity index (χ4v) is 2.55. The van der Waals surface area contributed by atoms with Crippen molar-refractivity contribution in [3.63, 3.8) is 0 Å². The van der Waals surface area contributed by atoms with Gasteiger partial charge in [0.05, 0.1) is 13.3 Å². The van der Waals surface area contributed by atoms with Crippen LogP contribution in [0, 0.1) is 0 Å². The highest BCUT2D eigenvalue weighted by molar-refractivity contribution is 5.85. The molecule has 0 saturated heterocycles. The van der Waals surface area contributed by atoms with Gasteiger partial charge < -0.3 is 15.2 Å². The van der Waals surface area contributed by atoms with Gasteiger partial charge in [0.2, 0.25) is 11.3 Å². The molecule has 2 aromatic heterocycles. The van der Waals surface area contributed by atoms with Crippen LogP contribution in [0.15, 0.2) is 58.3 Å². The molecule has 0 spiro atoms. The lowest BCUT2D eigenvalue weighted by atomic mass is 10.2. The minimum absolute atomic E-state index is 0.0704. The predicted molar refractivity (Wildman–Crippen MR) is 107 cm³/mol. The van der Waals surface area contributed by atoms with Gasteiger partial charge in [-0.2, -0.15) is 10.1 Å². The molecule has 2 heterocycles. The molecule has 0 saturated carbocycles. The van der Waals surface area contributed by atoms with E-state index in [1.807, 2.05) is 30.3 Å². The maximum absolute atomic E-state index is 9.96. The first-order chi connectivity index (χ1) is 14.2. The van der Waals surface area contributed by atoms with E-state index in [1.165, 1.54) is 12.3 Å². The molecule has 0 aliphatic heterocycles. The Balaban J connectivity index is 1.57. The second kappa shape index (κ2) is 8.21. The number of hydrogen-bond acceptors (Lipinski definition) is 10. The Labute approximate surface area is 165 Å². The van der Waals surface area contributed by atoms with Crippen molar-refractivity contribution in [3.05, 3.63) is 59.7 Å². The molecular weight excluding hydrogens is 374 g/mol. The van der Waals surface area contributed by atoms with Crippen LogP contribution in [0.5, 0.6) is 11.5 Å². The van der Waals surface area contributed by atoms with Crippen LogP contribution in [0.2, 0.25) is 0 Å². The van der Waals surface area contributed by atoms with Gasteiger partial charge in [-0.25, -0.2) is 9.61 Å². The van der Waals surface area contributed by atoms with E-state index in [2.05, 4.69) is 40.8 Å². The summed E-state index contributed by atoms with van der Waals surface area (Å²) in [6.45, 7) is 0.529. The first-order valence-electron chi connectivity index (χ1n) is 8.67. The molecule has 0 unspecified atom stereocenters. The molecule has 146 valence electrons. The van der Waals surface area contributed by atoms with Gasteiger partial charge in [-0.05, 0) is 34.1 Å². The Morgan fingerprint density at radius 1 is 1.07 bits per heavy atom. The van der Waals surface area contributed by atoms with Crippen LogP contribution in [0.3, 0.4) is 0 Å². The first-order valence-corrected chi connectivity index (χ1v) is 8.67. The second-order valence-corrected chi connectivity index (χ2v) is 5.97. The molecule has 0 amide bonds. The van der Waals surface area contributed by atoms with Gasteiger partial charge in [-0.3, -0.25) is 5.43 Å². The highest BCUT2D eigenvalue weighted by Crippen LogP contribution is 2.22. The standard InChI is InChI=1S/C19H17N7O3/c1-28-14-7-8-15(27)13(9-14)11-21-24-17-16(20-10-12-5-3-2-4-6-12)22-18-19(23-17)26-29-25-18/h2-9,11,27H,10H2,1H3,(H,20,22,25)(H,23,24,26)/b21-11+. The summed E-state index contributed by atoms with van der Waals surface area (Å²) in [5, 5.41) is 24.7. The Morgan fingerprint density at radius 2 is 1.83 bits per heavy atom. The van der Waals surface area contributed by atoms with E-state index in [0.717, 1.165) is 5.56 Å². The summed E-state index contributed by atoms with van der Waals surface area (Å²) in [4.78, 5) is 8.70. The van der Waals surface area contributed by atoms with Crippen LogP contribution in [-0.2, 0) is 6.54 Å². The SMILES string of the molecule is COc1ccc(O)c(/C=N/Nc2nc3nonc3nc2NCc2ccccc2)c1. The van der Waals surface area contributed by atoms with Crippen LogP contribution < -0.4 is 15.5 Å². The average molecular weight is 391 g/mol. The molecular formula is C19H17N7O3. The number of anilines is 2. The summed E-state index contributed by atoms with van der Waals surface area (Å²) < 4.78 is 9.84. The third kappa shape index (κ3) is 4.21. The van der Waals surface area contributed by atoms with Crippen LogP contribution in [-0.4, -0.2) is 38.7 Å². The van der Waals surface area contributed by atoms with Gasteiger partial charge in [0, 0.05) is 12.1 Å². The van der Waals surface area contributed by atoms with Crippen molar-refractivity contribution < 1.29 is 14.5 Å². The second-order valence-electron chi connectivity index (χ2n) is 5.97. The highest BCUT2D eigenvalue weighted by Gasteiger charge is 2.12. The summed E-state index contributed by atoms with van der Waals surface area (Å²) >= 11 is 0. The summed E-state index contributed by atoms with van der Waals surface area (Å²) in [6.07, 6.45) is 1.45. The van der Waals surface area contributed by atoms with Gasteiger partial charge in [0.15, 0.2) is 11.6 Å². The molecule has 4 rings (SSSR count). The molecule has 0 radical (unpaired) electrons.